The van der Waals surface area contributed by atoms with E-state index in [1.54, 1.807) is 6.92 Å². The monoisotopic (exact) mass is 382 g/mol. The van der Waals surface area contributed by atoms with E-state index in [4.69, 9.17) is 18.9 Å². The van der Waals surface area contributed by atoms with Crippen LogP contribution in [0.2, 0.25) is 0 Å². The van der Waals surface area contributed by atoms with Gasteiger partial charge < -0.3 is 18.9 Å². The van der Waals surface area contributed by atoms with Crippen molar-refractivity contribution >= 4 is 11.9 Å². The number of methoxy groups -OCH3 is 1. The quantitative estimate of drug-likeness (QED) is 0.472. The Hall–Kier alpha value is -1.14. The van der Waals surface area contributed by atoms with Gasteiger partial charge in [-0.2, -0.15) is 0 Å². The van der Waals surface area contributed by atoms with Crippen molar-refractivity contribution in [3.63, 3.8) is 0 Å². The first-order valence-corrected chi connectivity index (χ1v) is 10.2. The lowest BCUT2D eigenvalue weighted by molar-refractivity contribution is -0.250. The molecule has 4 aliphatic rings. The number of hydrogen-bond donors (Lipinski definition) is 0. The molecule has 4 aliphatic carbocycles. The Labute approximate surface area is 162 Å². The molecule has 0 heterocycles. The van der Waals surface area contributed by atoms with Crippen LogP contribution in [0.5, 0.6) is 0 Å². The van der Waals surface area contributed by atoms with Crippen LogP contribution in [0.15, 0.2) is 0 Å². The molecule has 4 bridgehead atoms. The van der Waals surface area contributed by atoms with Crippen LogP contribution >= 0.6 is 0 Å². The fourth-order valence-corrected chi connectivity index (χ4v) is 5.49. The SMILES string of the molecule is CCC(C)(C)C(=O)OC12CC3CC(C1)CC(OC(C)C(=O)OCOC)(C3)C2. The first-order chi connectivity index (χ1) is 12.6. The number of hydrogen-bond acceptors (Lipinski definition) is 6. The Bertz CT molecular complexity index is 569. The van der Waals surface area contributed by atoms with E-state index < -0.39 is 28.7 Å². The maximum absolute atomic E-state index is 12.8. The molecule has 0 aromatic heterocycles. The fourth-order valence-electron chi connectivity index (χ4n) is 5.49. The van der Waals surface area contributed by atoms with Gasteiger partial charge in [0.05, 0.1) is 11.0 Å². The lowest BCUT2D eigenvalue weighted by atomic mass is 9.52. The molecule has 0 aliphatic heterocycles. The average Bonchev–Trinajstić information content (AvgIpc) is 2.57. The van der Waals surface area contributed by atoms with Gasteiger partial charge in [-0.15, -0.1) is 0 Å². The summed E-state index contributed by atoms with van der Waals surface area (Å²) in [5, 5.41) is 0. The zero-order valence-corrected chi connectivity index (χ0v) is 17.3. The summed E-state index contributed by atoms with van der Waals surface area (Å²) < 4.78 is 22.3. The summed E-state index contributed by atoms with van der Waals surface area (Å²) in [6.07, 6.45) is 5.65. The molecule has 0 N–H and O–H groups in total. The fraction of sp³-hybridized carbons (Fsp3) is 0.905. The molecule has 0 saturated heterocycles. The summed E-state index contributed by atoms with van der Waals surface area (Å²) in [6.45, 7) is 7.55. The lowest BCUT2D eigenvalue weighted by Gasteiger charge is -2.61. The minimum absolute atomic E-state index is 0.0710. The van der Waals surface area contributed by atoms with Gasteiger partial charge in [0.25, 0.3) is 0 Å². The van der Waals surface area contributed by atoms with E-state index in [-0.39, 0.29) is 12.8 Å². The van der Waals surface area contributed by atoms with Gasteiger partial charge in [-0.25, -0.2) is 4.79 Å². The standard InChI is InChI=1S/C21H34O6/c1-6-19(3,4)18(23)27-21-10-15-7-16(11-21)9-20(8-15,12-21)26-14(2)17(22)25-13-24-5/h14-16H,6-13H2,1-5H3. The predicted molar refractivity (Wildman–Crippen MR) is 98.8 cm³/mol. The summed E-state index contributed by atoms with van der Waals surface area (Å²) in [5.74, 6) is 0.456. The zero-order valence-electron chi connectivity index (χ0n) is 17.3. The Morgan fingerprint density at radius 1 is 1.11 bits per heavy atom. The largest absolute Gasteiger partial charge is 0.459 e. The summed E-state index contributed by atoms with van der Waals surface area (Å²) in [5.41, 5.74) is -1.31. The Morgan fingerprint density at radius 2 is 1.70 bits per heavy atom. The first kappa shape index (κ1) is 20.6. The van der Waals surface area contributed by atoms with Crippen LogP contribution in [0.3, 0.4) is 0 Å². The molecule has 27 heavy (non-hydrogen) atoms. The second-order valence-electron chi connectivity index (χ2n) is 9.58. The van der Waals surface area contributed by atoms with Crippen molar-refractivity contribution in [1.29, 1.82) is 0 Å². The maximum Gasteiger partial charge on any atom is 0.337 e. The highest BCUT2D eigenvalue weighted by Crippen LogP contribution is 2.60. The average molecular weight is 382 g/mol. The molecule has 4 saturated carbocycles. The molecule has 6 heteroatoms. The van der Waals surface area contributed by atoms with Crippen LogP contribution in [0.4, 0.5) is 0 Å². The third-order valence-corrected chi connectivity index (χ3v) is 6.78. The summed E-state index contributed by atoms with van der Waals surface area (Å²) >= 11 is 0. The molecular weight excluding hydrogens is 348 g/mol. The van der Waals surface area contributed by atoms with E-state index in [1.165, 1.54) is 13.5 Å². The predicted octanol–water partition coefficient (Wildman–Crippen LogP) is 3.61. The molecule has 3 unspecified atom stereocenters. The van der Waals surface area contributed by atoms with Crippen LogP contribution in [-0.4, -0.2) is 43.1 Å². The van der Waals surface area contributed by atoms with Gasteiger partial charge in [0, 0.05) is 13.5 Å². The van der Waals surface area contributed by atoms with Gasteiger partial charge >= 0.3 is 11.9 Å². The molecule has 0 amide bonds. The lowest BCUT2D eigenvalue weighted by Crippen LogP contribution is -2.62. The molecule has 0 aromatic rings. The molecule has 154 valence electrons. The van der Waals surface area contributed by atoms with E-state index in [2.05, 4.69) is 0 Å². The molecule has 0 aromatic carbocycles. The van der Waals surface area contributed by atoms with Gasteiger partial charge in [-0.1, -0.05) is 6.92 Å². The van der Waals surface area contributed by atoms with E-state index in [1.807, 2.05) is 20.8 Å². The normalized spacial score (nSPS) is 35.7. The van der Waals surface area contributed by atoms with Gasteiger partial charge in [-0.05, 0) is 71.1 Å². The molecule has 4 fully saturated rings. The van der Waals surface area contributed by atoms with Crippen molar-refractivity contribution in [2.24, 2.45) is 17.3 Å². The highest BCUT2D eigenvalue weighted by molar-refractivity contribution is 5.76. The summed E-state index contributed by atoms with van der Waals surface area (Å²) in [6, 6.07) is 0. The minimum atomic E-state index is -0.656. The molecule has 6 nitrogen and oxygen atoms in total. The van der Waals surface area contributed by atoms with Gasteiger partial charge in [0.1, 0.15) is 5.60 Å². The van der Waals surface area contributed by atoms with Crippen LogP contribution in [0.25, 0.3) is 0 Å². The summed E-state index contributed by atoms with van der Waals surface area (Å²) in [7, 11) is 1.48. The molecule has 4 rings (SSSR count). The van der Waals surface area contributed by atoms with Crippen molar-refractivity contribution < 1.29 is 28.5 Å². The van der Waals surface area contributed by atoms with Crippen molar-refractivity contribution in [2.45, 2.75) is 89.9 Å². The smallest absolute Gasteiger partial charge is 0.337 e. The van der Waals surface area contributed by atoms with E-state index in [9.17, 15) is 9.59 Å². The number of esters is 2. The van der Waals surface area contributed by atoms with Gasteiger partial charge in [0.2, 0.25) is 0 Å². The second-order valence-corrected chi connectivity index (χ2v) is 9.58. The van der Waals surface area contributed by atoms with Crippen LogP contribution in [0, 0.1) is 17.3 Å². The van der Waals surface area contributed by atoms with E-state index in [0.29, 0.717) is 18.3 Å². The third kappa shape index (κ3) is 4.16. The van der Waals surface area contributed by atoms with Crippen LogP contribution < -0.4 is 0 Å². The molecule has 3 atom stereocenters. The third-order valence-electron chi connectivity index (χ3n) is 6.78. The summed E-state index contributed by atoms with van der Waals surface area (Å²) in [4.78, 5) is 24.9. The topological polar surface area (TPSA) is 71.1 Å². The number of ether oxygens (including phenoxy) is 4. The Balaban J connectivity index is 1.73. The molecule has 0 radical (unpaired) electrons. The van der Waals surface area contributed by atoms with E-state index in [0.717, 1.165) is 32.1 Å². The van der Waals surface area contributed by atoms with Crippen molar-refractivity contribution in [3.8, 4) is 0 Å². The first-order valence-electron chi connectivity index (χ1n) is 10.2. The number of carbonyl (C=O) groups excluding carboxylic acids is 2. The molecular formula is C21H34O6. The van der Waals surface area contributed by atoms with Crippen molar-refractivity contribution in [1.82, 2.24) is 0 Å². The minimum Gasteiger partial charge on any atom is -0.459 e. The highest BCUT2D eigenvalue weighted by Gasteiger charge is 2.61. The second kappa shape index (κ2) is 7.36. The van der Waals surface area contributed by atoms with Crippen LogP contribution in [0.1, 0.15) is 72.6 Å². The Kier molecular flexibility index (Phi) is 5.61. The van der Waals surface area contributed by atoms with Crippen molar-refractivity contribution in [2.75, 3.05) is 13.9 Å². The maximum atomic E-state index is 12.8. The number of rotatable bonds is 8. The van der Waals surface area contributed by atoms with Gasteiger partial charge in [0.15, 0.2) is 12.9 Å². The van der Waals surface area contributed by atoms with Crippen LogP contribution in [-0.2, 0) is 28.5 Å². The zero-order chi connectivity index (χ0) is 19.9. The van der Waals surface area contributed by atoms with Crippen molar-refractivity contribution in [3.05, 3.63) is 0 Å². The molecule has 0 spiro atoms. The highest BCUT2D eigenvalue weighted by atomic mass is 16.7. The number of carbonyl (C=O) groups is 2. The van der Waals surface area contributed by atoms with Gasteiger partial charge in [-0.3, -0.25) is 4.79 Å². The Morgan fingerprint density at radius 3 is 2.26 bits per heavy atom. The van der Waals surface area contributed by atoms with E-state index >= 15 is 0 Å².